The smallest absolute Gasteiger partial charge is 0.266 e. The topological polar surface area (TPSA) is 97.7 Å². The van der Waals surface area contributed by atoms with Crippen molar-refractivity contribution in [3.63, 3.8) is 0 Å². The molecule has 160 valence electrons. The first kappa shape index (κ1) is 21.7. The van der Waals surface area contributed by atoms with Crippen molar-refractivity contribution >= 4 is 11.6 Å². The Morgan fingerprint density at radius 3 is 2.73 bits per heavy atom. The quantitative estimate of drug-likeness (QED) is 0.497. The highest BCUT2D eigenvalue weighted by Gasteiger charge is 2.14. The Kier molecular flexibility index (Phi) is 7.37. The Morgan fingerprint density at radius 2 is 1.93 bits per heavy atom. The van der Waals surface area contributed by atoms with E-state index < -0.39 is 0 Å². The number of hydrogen-bond acceptors (Lipinski definition) is 5. The molecule has 0 aliphatic rings. The number of amides is 1. The highest BCUT2D eigenvalue weighted by atomic mass is 16.5. The van der Waals surface area contributed by atoms with Gasteiger partial charge in [-0.05, 0) is 31.9 Å². The molecule has 3 rings (SSSR count). The number of aromatic amines is 1. The number of benzene rings is 1. The van der Waals surface area contributed by atoms with Crippen LogP contribution in [0.2, 0.25) is 0 Å². The lowest BCUT2D eigenvalue weighted by atomic mass is 10.1. The van der Waals surface area contributed by atoms with Gasteiger partial charge in [0.05, 0.1) is 26.2 Å². The van der Waals surface area contributed by atoms with Gasteiger partial charge in [0.15, 0.2) is 5.65 Å². The highest BCUT2D eigenvalue weighted by molar-refractivity contribution is 5.79. The number of ether oxygens (including phenoxy) is 2. The van der Waals surface area contributed by atoms with E-state index >= 15 is 0 Å². The van der Waals surface area contributed by atoms with E-state index in [4.69, 9.17) is 9.47 Å². The zero-order valence-electron chi connectivity index (χ0n) is 17.7. The predicted molar refractivity (Wildman–Crippen MR) is 113 cm³/mol. The summed E-state index contributed by atoms with van der Waals surface area (Å²) in [7, 11) is 0. The Balaban J connectivity index is 1.57. The molecule has 8 heteroatoms. The van der Waals surface area contributed by atoms with Gasteiger partial charge >= 0.3 is 0 Å². The first-order valence-electron chi connectivity index (χ1n) is 10.1. The van der Waals surface area contributed by atoms with Gasteiger partial charge in [0.1, 0.15) is 0 Å². The fraction of sp³-hybridized carbons (Fsp3) is 0.409. The van der Waals surface area contributed by atoms with Crippen molar-refractivity contribution < 1.29 is 14.3 Å². The van der Waals surface area contributed by atoms with Gasteiger partial charge in [-0.2, -0.15) is 0 Å². The molecule has 0 radical (unpaired) electrons. The lowest BCUT2D eigenvalue weighted by Gasteiger charge is -2.12. The molecule has 0 atom stereocenters. The molecule has 0 saturated heterocycles. The van der Waals surface area contributed by atoms with Crippen LogP contribution in [-0.2, 0) is 33.8 Å². The van der Waals surface area contributed by atoms with Crippen molar-refractivity contribution in [2.24, 2.45) is 0 Å². The fourth-order valence-electron chi connectivity index (χ4n) is 3.32. The van der Waals surface area contributed by atoms with Crippen LogP contribution in [0.4, 0.5) is 0 Å². The summed E-state index contributed by atoms with van der Waals surface area (Å²) in [5.74, 6) is -0.102. The summed E-state index contributed by atoms with van der Waals surface area (Å²) in [6, 6.07) is 9.39. The number of hydrogen-bond donors (Lipinski definition) is 2. The van der Waals surface area contributed by atoms with Crippen LogP contribution in [0, 0.1) is 13.8 Å². The Labute approximate surface area is 175 Å². The van der Waals surface area contributed by atoms with E-state index in [0.717, 1.165) is 28.1 Å². The molecule has 8 nitrogen and oxygen atoms in total. The molecule has 0 fully saturated rings. The summed E-state index contributed by atoms with van der Waals surface area (Å²) in [6.07, 6.45) is 0.195. The minimum Gasteiger partial charge on any atom is -0.379 e. The molecule has 0 bridgehead atoms. The van der Waals surface area contributed by atoms with Gasteiger partial charge in [0.25, 0.3) is 5.56 Å². The number of aryl methyl sites for hydroxylation is 2. The molecule has 2 aromatic heterocycles. The summed E-state index contributed by atoms with van der Waals surface area (Å²) in [4.78, 5) is 28.5. The zero-order chi connectivity index (χ0) is 21.5. The molecule has 30 heavy (non-hydrogen) atoms. The summed E-state index contributed by atoms with van der Waals surface area (Å²) in [5, 5.41) is 5.66. The third-order valence-corrected chi connectivity index (χ3v) is 4.87. The molecule has 1 aromatic carbocycles. The molecule has 2 heterocycles. The monoisotopic (exact) mass is 412 g/mol. The second-order valence-corrected chi connectivity index (χ2v) is 7.10. The standard InChI is InChI=1S/C22H28N4O4/c1-4-29-8-9-30-14-18-7-5-6-17(10-18)13-23-21(27)11-19-15(2)24-20-12-22(28)25-26(20)16(19)3/h5-7,10,12H,4,8-9,11,13-14H2,1-3H3,(H,23,27)(H,25,28). The third kappa shape index (κ3) is 5.55. The Hall–Kier alpha value is -2.97. The van der Waals surface area contributed by atoms with Crippen molar-refractivity contribution in [3.05, 3.63) is 68.8 Å². The number of nitrogens with one attached hydrogen (secondary N) is 2. The molecule has 0 aliphatic carbocycles. The summed E-state index contributed by atoms with van der Waals surface area (Å²) >= 11 is 0. The average Bonchev–Trinajstić information content (AvgIpc) is 3.10. The van der Waals surface area contributed by atoms with Gasteiger partial charge in [-0.1, -0.05) is 24.3 Å². The van der Waals surface area contributed by atoms with Crippen LogP contribution in [0.25, 0.3) is 5.65 Å². The molecule has 0 aliphatic heterocycles. The lowest BCUT2D eigenvalue weighted by molar-refractivity contribution is -0.120. The number of H-pyrrole nitrogens is 1. The largest absolute Gasteiger partial charge is 0.379 e. The normalized spacial score (nSPS) is 11.2. The summed E-state index contributed by atoms with van der Waals surface area (Å²) in [5.41, 5.74) is 4.76. The van der Waals surface area contributed by atoms with E-state index in [-0.39, 0.29) is 17.9 Å². The van der Waals surface area contributed by atoms with E-state index in [1.807, 2.05) is 45.0 Å². The van der Waals surface area contributed by atoms with Crippen molar-refractivity contribution in [1.29, 1.82) is 0 Å². The van der Waals surface area contributed by atoms with Gasteiger partial charge in [0, 0.05) is 36.2 Å². The van der Waals surface area contributed by atoms with Crippen LogP contribution >= 0.6 is 0 Å². The van der Waals surface area contributed by atoms with Crippen molar-refractivity contribution in [2.45, 2.75) is 40.3 Å². The van der Waals surface area contributed by atoms with Gasteiger partial charge in [-0.15, -0.1) is 0 Å². The van der Waals surface area contributed by atoms with Crippen molar-refractivity contribution in [1.82, 2.24) is 19.9 Å². The maximum atomic E-state index is 12.5. The maximum Gasteiger partial charge on any atom is 0.266 e. The van der Waals surface area contributed by atoms with Crippen molar-refractivity contribution in [2.75, 3.05) is 19.8 Å². The van der Waals surface area contributed by atoms with Crippen molar-refractivity contribution in [3.8, 4) is 0 Å². The van der Waals surface area contributed by atoms with E-state index in [9.17, 15) is 9.59 Å². The first-order valence-corrected chi connectivity index (χ1v) is 10.1. The predicted octanol–water partition coefficient (Wildman–Crippen LogP) is 2.05. The van der Waals surface area contributed by atoms with Crippen LogP contribution in [-0.4, -0.2) is 40.3 Å². The molecule has 0 spiro atoms. The van der Waals surface area contributed by atoms with Crippen LogP contribution in [0.3, 0.4) is 0 Å². The number of aromatic nitrogens is 3. The molecule has 3 aromatic rings. The second-order valence-electron chi connectivity index (χ2n) is 7.10. The van der Waals surface area contributed by atoms with E-state index in [2.05, 4.69) is 15.4 Å². The minimum atomic E-state index is -0.214. The summed E-state index contributed by atoms with van der Waals surface area (Å²) < 4.78 is 12.5. The Morgan fingerprint density at radius 1 is 1.17 bits per heavy atom. The number of carbonyl (C=O) groups is 1. The second kappa shape index (κ2) is 10.2. The van der Waals surface area contributed by atoms with Crippen LogP contribution in [0.15, 0.2) is 35.1 Å². The van der Waals surface area contributed by atoms with Gasteiger partial charge < -0.3 is 14.8 Å². The SMILES string of the molecule is CCOCCOCc1cccc(CNC(=O)Cc2c(C)nc3cc(=O)[nH]n3c2C)c1. The van der Waals surface area contributed by atoms with E-state index in [0.29, 0.717) is 38.6 Å². The van der Waals surface area contributed by atoms with Gasteiger partial charge in [-0.25, -0.2) is 9.50 Å². The lowest BCUT2D eigenvalue weighted by Crippen LogP contribution is -2.26. The average molecular weight is 412 g/mol. The molecule has 2 N–H and O–H groups in total. The molecular formula is C22H28N4O4. The minimum absolute atomic E-state index is 0.102. The third-order valence-electron chi connectivity index (χ3n) is 4.87. The van der Waals surface area contributed by atoms with Gasteiger partial charge in [0.2, 0.25) is 5.91 Å². The first-order chi connectivity index (χ1) is 14.5. The van der Waals surface area contributed by atoms with Gasteiger partial charge in [-0.3, -0.25) is 14.7 Å². The Bertz CT molecular complexity index is 1070. The number of carbonyl (C=O) groups excluding carboxylic acids is 1. The van der Waals surface area contributed by atoms with Crippen LogP contribution in [0.5, 0.6) is 0 Å². The number of rotatable bonds is 10. The highest BCUT2D eigenvalue weighted by Crippen LogP contribution is 2.14. The summed E-state index contributed by atoms with van der Waals surface area (Å²) in [6.45, 7) is 8.44. The van der Waals surface area contributed by atoms with E-state index in [1.54, 1.807) is 4.52 Å². The molecule has 0 saturated carbocycles. The number of nitrogens with zero attached hydrogens (tertiary/aromatic N) is 2. The molecular weight excluding hydrogens is 384 g/mol. The van der Waals surface area contributed by atoms with E-state index in [1.165, 1.54) is 6.07 Å². The zero-order valence-corrected chi connectivity index (χ0v) is 17.7. The molecule has 1 amide bonds. The fourth-order valence-corrected chi connectivity index (χ4v) is 3.32. The van der Waals surface area contributed by atoms with Crippen LogP contribution in [0.1, 0.15) is 35.0 Å². The van der Waals surface area contributed by atoms with Crippen LogP contribution < -0.4 is 10.9 Å². The maximum absolute atomic E-state index is 12.5. The number of fused-ring (bicyclic) bond motifs is 1. The molecule has 0 unspecified atom stereocenters.